The highest BCUT2D eigenvalue weighted by Gasteiger charge is 2.35. The van der Waals surface area contributed by atoms with E-state index in [1.807, 2.05) is 0 Å². The number of carbonyl (C=O) groups excluding carboxylic acids is 1. The molecule has 1 N–H and O–H groups in total. The van der Waals surface area contributed by atoms with Crippen LogP contribution in [0.1, 0.15) is 11.1 Å². The van der Waals surface area contributed by atoms with Gasteiger partial charge in [0.1, 0.15) is 17.4 Å². The van der Waals surface area contributed by atoms with Crippen molar-refractivity contribution in [3.8, 4) is 5.75 Å². The number of anilines is 1. The average molecular weight is 611 g/mol. The van der Waals surface area contributed by atoms with E-state index in [0.29, 0.717) is 32.6 Å². The Labute approximate surface area is 237 Å². The van der Waals surface area contributed by atoms with Crippen molar-refractivity contribution in [2.75, 3.05) is 18.0 Å². The van der Waals surface area contributed by atoms with Gasteiger partial charge in [-0.05, 0) is 48.5 Å². The van der Waals surface area contributed by atoms with E-state index in [2.05, 4.69) is 15.5 Å². The number of halogens is 5. The minimum absolute atomic E-state index is 0.0767. The summed E-state index contributed by atoms with van der Waals surface area (Å²) in [4.78, 5) is 16.8. The standard InChI is InChI=1S/C26H19Cl2F3N4O4S/c1-39-19-9-7-16-11-17(25(28)33-23(16)13-19)14-32-34-24(36)15-35(40(37,38)20-5-3-2-4-6-20)18-8-10-22(27)21(12-18)26(29,30)31/h2-14H,15H2,1H3,(H,34,36)/b32-14-. The van der Waals surface area contributed by atoms with Gasteiger partial charge in [-0.3, -0.25) is 9.10 Å². The van der Waals surface area contributed by atoms with Crippen LogP contribution in [-0.2, 0) is 21.0 Å². The lowest BCUT2D eigenvalue weighted by molar-refractivity contribution is -0.137. The maximum absolute atomic E-state index is 13.5. The first-order chi connectivity index (χ1) is 18.9. The number of carbonyl (C=O) groups is 1. The van der Waals surface area contributed by atoms with Crippen molar-refractivity contribution in [3.63, 3.8) is 0 Å². The Bertz CT molecular complexity index is 1700. The average Bonchev–Trinajstić information content (AvgIpc) is 2.92. The van der Waals surface area contributed by atoms with Gasteiger partial charge in [-0.1, -0.05) is 41.4 Å². The lowest BCUT2D eigenvalue weighted by Crippen LogP contribution is -2.39. The Morgan fingerprint density at radius 1 is 1.07 bits per heavy atom. The van der Waals surface area contributed by atoms with E-state index >= 15 is 0 Å². The number of fused-ring (bicyclic) bond motifs is 1. The summed E-state index contributed by atoms with van der Waals surface area (Å²) in [5, 5.41) is 3.98. The van der Waals surface area contributed by atoms with E-state index in [9.17, 15) is 26.4 Å². The molecule has 0 atom stereocenters. The number of nitrogens with zero attached hydrogens (tertiary/aromatic N) is 3. The van der Waals surface area contributed by atoms with Crippen molar-refractivity contribution in [3.05, 3.63) is 94.1 Å². The molecule has 1 heterocycles. The number of hydrazone groups is 1. The summed E-state index contributed by atoms with van der Waals surface area (Å²) < 4.78 is 73.0. The molecule has 4 aromatic rings. The van der Waals surface area contributed by atoms with Crippen LogP contribution in [0, 0.1) is 0 Å². The van der Waals surface area contributed by atoms with Crippen LogP contribution >= 0.6 is 23.2 Å². The molecule has 8 nitrogen and oxygen atoms in total. The largest absolute Gasteiger partial charge is 0.497 e. The Hall–Kier alpha value is -3.87. The Kier molecular flexibility index (Phi) is 8.52. The van der Waals surface area contributed by atoms with Crippen LogP contribution in [0.4, 0.5) is 18.9 Å². The number of pyridine rings is 1. The number of methoxy groups -OCH3 is 1. The summed E-state index contributed by atoms with van der Waals surface area (Å²) in [5.41, 5.74) is 1.41. The monoisotopic (exact) mass is 610 g/mol. The molecule has 4 rings (SSSR count). The van der Waals surface area contributed by atoms with Gasteiger partial charge in [0.05, 0.1) is 40.0 Å². The van der Waals surface area contributed by atoms with Crippen LogP contribution in [0.25, 0.3) is 10.9 Å². The molecule has 3 aromatic carbocycles. The van der Waals surface area contributed by atoms with Gasteiger partial charge in [0, 0.05) is 17.0 Å². The van der Waals surface area contributed by atoms with Gasteiger partial charge in [-0.25, -0.2) is 18.8 Å². The lowest BCUT2D eigenvalue weighted by atomic mass is 10.1. The number of nitrogens with one attached hydrogen (secondary N) is 1. The molecule has 0 spiro atoms. The molecule has 1 amide bonds. The molecule has 40 heavy (non-hydrogen) atoms. The lowest BCUT2D eigenvalue weighted by Gasteiger charge is -2.24. The van der Waals surface area contributed by atoms with E-state index < -0.39 is 44.9 Å². The van der Waals surface area contributed by atoms with Crippen LogP contribution in [-0.4, -0.2) is 39.2 Å². The van der Waals surface area contributed by atoms with Crippen LogP contribution in [0.2, 0.25) is 10.2 Å². The molecule has 208 valence electrons. The molecule has 0 aliphatic heterocycles. The third-order valence-electron chi connectivity index (χ3n) is 5.56. The normalized spacial score (nSPS) is 12.1. The predicted molar refractivity (Wildman–Crippen MR) is 146 cm³/mol. The topological polar surface area (TPSA) is 101 Å². The summed E-state index contributed by atoms with van der Waals surface area (Å²) in [6, 6.07) is 16.3. The van der Waals surface area contributed by atoms with Crippen LogP contribution in [0.3, 0.4) is 0 Å². The predicted octanol–water partition coefficient (Wildman–Crippen LogP) is 5.91. The molecule has 0 fully saturated rings. The van der Waals surface area contributed by atoms with Crippen molar-refractivity contribution in [2.24, 2.45) is 5.10 Å². The second-order valence-corrected chi connectivity index (χ2v) is 10.8. The first-order valence-corrected chi connectivity index (χ1v) is 13.5. The third kappa shape index (κ3) is 6.46. The van der Waals surface area contributed by atoms with Crippen molar-refractivity contribution < 1.29 is 31.1 Å². The van der Waals surface area contributed by atoms with Gasteiger partial charge in [-0.15, -0.1) is 0 Å². The van der Waals surface area contributed by atoms with Crippen molar-refractivity contribution >= 4 is 61.9 Å². The maximum Gasteiger partial charge on any atom is 0.417 e. The Morgan fingerprint density at radius 3 is 2.48 bits per heavy atom. The summed E-state index contributed by atoms with van der Waals surface area (Å²) >= 11 is 11.9. The Morgan fingerprint density at radius 2 is 1.80 bits per heavy atom. The van der Waals surface area contributed by atoms with Gasteiger partial charge < -0.3 is 4.74 Å². The number of rotatable bonds is 8. The highest BCUT2D eigenvalue weighted by atomic mass is 35.5. The molecular formula is C26H19Cl2F3N4O4S. The molecule has 14 heteroatoms. The van der Waals surface area contributed by atoms with Crippen molar-refractivity contribution in [1.29, 1.82) is 0 Å². The fourth-order valence-corrected chi connectivity index (χ4v) is 5.47. The van der Waals surface area contributed by atoms with E-state index in [0.717, 1.165) is 12.1 Å². The molecule has 0 unspecified atom stereocenters. The fourth-order valence-electron chi connectivity index (χ4n) is 3.62. The highest BCUT2D eigenvalue weighted by molar-refractivity contribution is 7.92. The molecular weight excluding hydrogens is 592 g/mol. The minimum atomic E-state index is -4.86. The van der Waals surface area contributed by atoms with Gasteiger partial charge in [0.15, 0.2) is 0 Å². The molecule has 0 radical (unpaired) electrons. The van der Waals surface area contributed by atoms with Crippen LogP contribution in [0.5, 0.6) is 5.75 Å². The SMILES string of the molecule is COc1ccc2cc(/C=N\NC(=O)CN(c3ccc(Cl)c(C(F)(F)F)c3)S(=O)(=O)c3ccccc3)c(Cl)nc2c1. The first kappa shape index (κ1) is 29.1. The van der Waals surface area contributed by atoms with Crippen LogP contribution in [0.15, 0.2) is 82.8 Å². The zero-order valence-electron chi connectivity index (χ0n) is 20.5. The number of aromatic nitrogens is 1. The van der Waals surface area contributed by atoms with Crippen molar-refractivity contribution in [2.45, 2.75) is 11.1 Å². The zero-order valence-corrected chi connectivity index (χ0v) is 22.8. The number of hydrogen-bond acceptors (Lipinski definition) is 6. The number of benzene rings is 3. The van der Waals surface area contributed by atoms with Gasteiger partial charge >= 0.3 is 6.18 Å². The maximum atomic E-state index is 13.5. The molecule has 1 aromatic heterocycles. The summed E-state index contributed by atoms with van der Waals surface area (Å²) in [6.07, 6.45) is -3.66. The second-order valence-electron chi connectivity index (χ2n) is 8.21. The second kappa shape index (κ2) is 11.7. The molecule has 0 saturated heterocycles. The number of alkyl halides is 3. The van der Waals surface area contributed by atoms with E-state index in [-0.39, 0.29) is 10.0 Å². The van der Waals surface area contributed by atoms with Crippen LogP contribution < -0.4 is 14.5 Å². The highest BCUT2D eigenvalue weighted by Crippen LogP contribution is 2.38. The fraction of sp³-hybridized carbons (Fsp3) is 0.115. The summed E-state index contributed by atoms with van der Waals surface area (Å²) in [6.45, 7) is -0.892. The first-order valence-electron chi connectivity index (χ1n) is 11.3. The Balaban J connectivity index is 1.61. The smallest absolute Gasteiger partial charge is 0.417 e. The molecule has 0 saturated carbocycles. The number of amides is 1. The number of hydrogen-bond donors (Lipinski definition) is 1. The quantitative estimate of drug-likeness (QED) is 0.152. The molecule has 0 aliphatic carbocycles. The summed E-state index contributed by atoms with van der Waals surface area (Å²) in [5.74, 6) is -0.350. The number of sulfonamides is 1. The van der Waals surface area contributed by atoms with Crippen molar-refractivity contribution in [1.82, 2.24) is 10.4 Å². The number of ether oxygens (including phenoxy) is 1. The third-order valence-corrected chi connectivity index (χ3v) is 7.98. The van der Waals surface area contributed by atoms with E-state index in [4.69, 9.17) is 27.9 Å². The zero-order chi connectivity index (χ0) is 29.1. The molecule has 0 aliphatic rings. The van der Waals surface area contributed by atoms with Gasteiger partial charge in [0.25, 0.3) is 15.9 Å². The summed E-state index contributed by atoms with van der Waals surface area (Å²) in [7, 11) is -2.95. The van der Waals surface area contributed by atoms with E-state index in [1.54, 1.807) is 30.3 Å². The van der Waals surface area contributed by atoms with Gasteiger partial charge in [-0.2, -0.15) is 18.3 Å². The molecule has 0 bridgehead atoms. The van der Waals surface area contributed by atoms with E-state index in [1.165, 1.54) is 37.6 Å². The van der Waals surface area contributed by atoms with Gasteiger partial charge in [0.2, 0.25) is 0 Å². The minimum Gasteiger partial charge on any atom is -0.497 e.